The Balaban J connectivity index is 1.51. The van der Waals surface area contributed by atoms with Gasteiger partial charge >= 0.3 is 0 Å². The van der Waals surface area contributed by atoms with Crippen LogP contribution < -0.4 is 15.5 Å². The SMILES string of the molecule is Cc1cn2cc(NC(=O)c3cnc(N4CCNCC4)nc3)cc(F)c2n1. The molecule has 134 valence electrons. The van der Waals surface area contributed by atoms with Gasteiger partial charge in [0.05, 0.1) is 16.9 Å². The lowest BCUT2D eigenvalue weighted by Gasteiger charge is -2.27. The molecule has 1 saturated heterocycles. The number of fused-ring (bicyclic) bond motifs is 1. The summed E-state index contributed by atoms with van der Waals surface area (Å²) in [6.45, 7) is 5.20. The highest BCUT2D eigenvalue weighted by Gasteiger charge is 2.15. The first kappa shape index (κ1) is 16.4. The summed E-state index contributed by atoms with van der Waals surface area (Å²) < 4.78 is 15.6. The van der Waals surface area contributed by atoms with Crippen molar-refractivity contribution in [2.24, 2.45) is 0 Å². The zero-order valence-electron chi connectivity index (χ0n) is 14.2. The van der Waals surface area contributed by atoms with Crippen molar-refractivity contribution < 1.29 is 9.18 Å². The van der Waals surface area contributed by atoms with Gasteiger partial charge in [0, 0.05) is 57.0 Å². The van der Waals surface area contributed by atoms with Crippen molar-refractivity contribution in [2.45, 2.75) is 6.92 Å². The van der Waals surface area contributed by atoms with E-state index in [1.807, 2.05) is 0 Å². The first-order chi connectivity index (χ1) is 12.6. The van der Waals surface area contributed by atoms with Crippen LogP contribution in [0.15, 0.2) is 30.9 Å². The molecule has 0 radical (unpaired) electrons. The molecule has 1 amide bonds. The second kappa shape index (κ2) is 6.68. The average Bonchev–Trinajstić information content (AvgIpc) is 3.03. The van der Waals surface area contributed by atoms with Crippen LogP contribution in [0.25, 0.3) is 5.65 Å². The quantitative estimate of drug-likeness (QED) is 0.735. The third-order valence-electron chi connectivity index (χ3n) is 4.18. The molecule has 1 aliphatic heterocycles. The Morgan fingerprint density at radius 3 is 2.69 bits per heavy atom. The molecule has 0 unspecified atom stereocenters. The lowest BCUT2D eigenvalue weighted by molar-refractivity contribution is 0.102. The fourth-order valence-corrected chi connectivity index (χ4v) is 2.92. The van der Waals surface area contributed by atoms with Gasteiger partial charge in [-0.15, -0.1) is 0 Å². The fraction of sp³-hybridized carbons (Fsp3) is 0.294. The number of piperazine rings is 1. The zero-order chi connectivity index (χ0) is 18.1. The molecule has 0 aliphatic carbocycles. The van der Waals surface area contributed by atoms with Crippen LogP contribution in [0.5, 0.6) is 0 Å². The van der Waals surface area contributed by atoms with Gasteiger partial charge in [0.1, 0.15) is 0 Å². The number of hydrogen-bond acceptors (Lipinski definition) is 6. The van der Waals surface area contributed by atoms with E-state index in [4.69, 9.17) is 0 Å². The highest BCUT2D eigenvalue weighted by atomic mass is 19.1. The van der Waals surface area contributed by atoms with E-state index in [-0.39, 0.29) is 5.65 Å². The Morgan fingerprint density at radius 2 is 1.96 bits per heavy atom. The number of aromatic nitrogens is 4. The number of halogens is 1. The van der Waals surface area contributed by atoms with Crippen molar-refractivity contribution in [3.8, 4) is 0 Å². The second-order valence-corrected chi connectivity index (χ2v) is 6.15. The normalized spacial score (nSPS) is 14.6. The topological polar surface area (TPSA) is 87.5 Å². The van der Waals surface area contributed by atoms with E-state index >= 15 is 0 Å². The fourth-order valence-electron chi connectivity index (χ4n) is 2.92. The van der Waals surface area contributed by atoms with E-state index in [2.05, 4.69) is 30.5 Å². The Hall–Kier alpha value is -3.07. The molecule has 0 atom stereocenters. The van der Waals surface area contributed by atoms with Crippen molar-refractivity contribution >= 4 is 23.2 Å². The van der Waals surface area contributed by atoms with Gasteiger partial charge in [0.25, 0.3) is 5.91 Å². The van der Waals surface area contributed by atoms with Crippen LogP contribution in [0, 0.1) is 12.7 Å². The smallest absolute Gasteiger partial charge is 0.258 e. The first-order valence-corrected chi connectivity index (χ1v) is 8.34. The van der Waals surface area contributed by atoms with E-state index < -0.39 is 11.7 Å². The standard InChI is InChI=1S/C17H18FN7O/c1-11-9-25-10-13(6-14(18)15(25)22-11)23-16(26)12-7-20-17(21-8-12)24-4-2-19-3-5-24/h6-10,19H,2-5H2,1H3,(H,23,26). The molecule has 3 aromatic rings. The maximum Gasteiger partial charge on any atom is 0.258 e. The van der Waals surface area contributed by atoms with E-state index in [1.165, 1.54) is 18.5 Å². The van der Waals surface area contributed by atoms with E-state index in [1.54, 1.807) is 23.7 Å². The molecule has 0 spiro atoms. The maximum absolute atomic E-state index is 14.1. The number of carbonyl (C=O) groups is 1. The minimum Gasteiger partial charge on any atom is -0.338 e. The van der Waals surface area contributed by atoms with E-state index in [9.17, 15) is 9.18 Å². The number of amides is 1. The van der Waals surface area contributed by atoms with Crippen molar-refractivity contribution in [1.82, 2.24) is 24.7 Å². The number of hydrogen-bond donors (Lipinski definition) is 2. The van der Waals surface area contributed by atoms with Crippen LogP contribution in [0.1, 0.15) is 16.1 Å². The molecular weight excluding hydrogens is 337 g/mol. The Labute approximate surface area is 149 Å². The molecule has 0 saturated carbocycles. The van der Waals surface area contributed by atoms with Crippen molar-refractivity contribution in [3.05, 3.63) is 47.9 Å². The molecule has 4 heterocycles. The van der Waals surface area contributed by atoms with Crippen LogP contribution in [0.3, 0.4) is 0 Å². The number of carbonyl (C=O) groups excluding carboxylic acids is 1. The summed E-state index contributed by atoms with van der Waals surface area (Å²) in [5, 5.41) is 5.93. The molecule has 2 N–H and O–H groups in total. The summed E-state index contributed by atoms with van der Waals surface area (Å²) in [5.74, 6) is -0.293. The van der Waals surface area contributed by atoms with Crippen LogP contribution in [0.4, 0.5) is 16.0 Å². The van der Waals surface area contributed by atoms with Gasteiger partial charge in [-0.3, -0.25) is 4.79 Å². The van der Waals surface area contributed by atoms with Crippen LogP contribution in [-0.2, 0) is 0 Å². The molecule has 0 aromatic carbocycles. The second-order valence-electron chi connectivity index (χ2n) is 6.15. The molecule has 9 heteroatoms. The molecule has 3 aromatic heterocycles. The molecule has 1 fully saturated rings. The van der Waals surface area contributed by atoms with E-state index in [0.29, 0.717) is 22.9 Å². The first-order valence-electron chi connectivity index (χ1n) is 8.34. The zero-order valence-corrected chi connectivity index (χ0v) is 14.2. The molecular formula is C17H18FN7O. The minimum absolute atomic E-state index is 0.226. The molecule has 1 aliphatic rings. The number of rotatable bonds is 3. The summed E-state index contributed by atoms with van der Waals surface area (Å²) in [5.41, 5.74) is 1.57. The summed E-state index contributed by atoms with van der Waals surface area (Å²) >= 11 is 0. The lowest BCUT2D eigenvalue weighted by atomic mass is 10.3. The van der Waals surface area contributed by atoms with Gasteiger partial charge in [-0.05, 0) is 6.92 Å². The van der Waals surface area contributed by atoms with Gasteiger partial charge in [0.15, 0.2) is 11.5 Å². The predicted molar refractivity (Wildman–Crippen MR) is 95.0 cm³/mol. The van der Waals surface area contributed by atoms with Crippen molar-refractivity contribution in [2.75, 3.05) is 36.4 Å². The molecule has 26 heavy (non-hydrogen) atoms. The highest BCUT2D eigenvalue weighted by molar-refractivity contribution is 6.03. The summed E-state index contributed by atoms with van der Waals surface area (Å²) in [7, 11) is 0. The predicted octanol–water partition coefficient (Wildman–Crippen LogP) is 1.23. The Morgan fingerprint density at radius 1 is 1.23 bits per heavy atom. The van der Waals surface area contributed by atoms with Crippen molar-refractivity contribution in [3.63, 3.8) is 0 Å². The Kier molecular flexibility index (Phi) is 4.21. The number of nitrogens with zero attached hydrogens (tertiary/aromatic N) is 5. The maximum atomic E-state index is 14.1. The number of anilines is 2. The number of nitrogens with one attached hydrogen (secondary N) is 2. The highest BCUT2D eigenvalue weighted by Crippen LogP contribution is 2.17. The van der Waals surface area contributed by atoms with Gasteiger partial charge in [-0.1, -0.05) is 0 Å². The van der Waals surface area contributed by atoms with Gasteiger partial charge in [-0.2, -0.15) is 0 Å². The Bertz CT molecular complexity index is 948. The molecule has 4 rings (SSSR count). The van der Waals surface area contributed by atoms with E-state index in [0.717, 1.165) is 26.2 Å². The number of aryl methyl sites for hydroxylation is 1. The van der Waals surface area contributed by atoms with Crippen molar-refractivity contribution in [1.29, 1.82) is 0 Å². The largest absolute Gasteiger partial charge is 0.338 e. The minimum atomic E-state index is -0.499. The van der Waals surface area contributed by atoms with Crippen LogP contribution >= 0.6 is 0 Å². The average molecular weight is 355 g/mol. The molecule has 0 bridgehead atoms. The van der Waals surface area contributed by atoms with Gasteiger partial charge < -0.3 is 19.9 Å². The van der Waals surface area contributed by atoms with Crippen LogP contribution in [0.2, 0.25) is 0 Å². The monoisotopic (exact) mass is 355 g/mol. The molecule has 8 nitrogen and oxygen atoms in total. The third-order valence-corrected chi connectivity index (χ3v) is 4.18. The summed E-state index contributed by atoms with van der Waals surface area (Å²) in [6, 6.07) is 1.25. The van der Waals surface area contributed by atoms with Crippen LogP contribution in [-0.4, -0.2) is 51.4 Å². The number of imidazole rings is 1. The lowest BCUT2D eigenvalue weighted by Crippen LogP contribution is -2.44. The number of pyridine rings is 1. The third kappa shape index (κ3) is 3.21. The van der Waals surface area contributed by atoms with Gasteiger partial charge in [0.2, 0.25) is 5.95 Å². The van der Waals surface area contributed by atoms with Gasteiger partial charge in [-0.25, -0.2) is 19.3 Å². The summed E-state index contributed by atoms with van der Waals surface area (Å²) in [4.78, 5) is 27.1. The summed E-state index contributed by atoms with van der Waals surface area (Å²) in [6.07, 6.45) is 6.28.